The maximum Gasteiger partial charge on any atom is 0.340 e. The number of hydrogen-bond donors (Lipinski definition) is 17. The molecule has 348 valence electrons. The monoisotopic (exact) mass is 936 g/mol. The smallest absolute Gasteiger partial charge is 0.340 e. The predicted octanol–water partition coefficient (Wildman–Crippen LogP) is 1.17. The second-order valence-electron chi connectivity index (χ2n) is 15.1. The van der Waals surface area contributed by atoms with E-state index in [1.54, 1.807) is 0 Å². The maximum atomic E-state index is 15.0. The second-order valence-corrected chi connectivity index (χ2v) is 15.1. The largest absolute Gasteiger partial charge is 0.504 e. The molecule has 0 amide bonds. The first kappa shape index (κ1) is 43.1. The molecule has 0 spiro atoms. The van der Waals surface area contributed by atoms with Crippen molar-refractivity contribution in [1.82, 2.24) is 0 Å². The number of aliphatic hydroxyl groups excluding tert-OH is 2. The van der Waals surface area contributed by atoms with E-state index in [2.05, 4.69) is 0 Å². The number of hydrogen-bond acceptors (Lipinski definition) is 26. The SMILES string of the molecule is O=C1OCC2OC(=O)c3cc(O)c(O)c(O)c3-c3c(O)c(O)c(O)c4c3C(=O)OC(C2OC(=O)c2cc(O)c(O)c(O)c2-c2c1cc(O)c(O)c2O)C1OC(O)c2c-4c(O)c(O)c(O)c2C1O. The second kappa shape index (κ2) is 14.4. The van der Waals surface area contributed by atoms with Crippen molar-refractivity contribution in [3.05, 3.63) is 51.6 Å². The number of carbonyl (C=O) groups is 4. The van der Waals surface area contributed by atoms with E-state index >= 15 is 4.79 Å². The van der Waals surface area contributed by atoms with Crippen LogP contribution in [0.2, 0.25) is 0 Å². The Morgan fingerprint density at radius 1 is 0.373 bits per heavy atom. The van der Waals surface area contributed by atoms with Crippen molar-refractivity contribution in [2.75, 3.05) is 6.61 Å². The number of ether oxygens (including phenoxy) is 5. The van der Waals surface area contributed by atoms with Gasteiger partial charge in [-0.25, -0.2) is 19.2 Å². The van der Waals surface area contributed by atoms with Gasteiger partial charge in [-0.15, -0.1) is 0 Å². The fourth-order valence-corrected chi connectivity index (χ4v) is 8.52. The average Bonchev–Trinajstić information content (AvgIpc) is 3.30. The maximum absolute atomic E-state index is 15.0. The van der Waals surface area contributed by atoms with Crippen molar-refractivity contribution in [3.8, 4) is 120 Å². The number of esters is 4. The van der Waals surface area contributed by atoms with Crippen LogP contribution in [0.25, 0.3) is 33.4 Å². The summed E-state index contributed by atoms with van der Waals surface area (Å²) in [6.07, 6.45) is -15.8. The van der Waals surface area contributed by atoms with Crippen molar-refractivity contribution < 1.29 is 130 Å². The Morgan fingerprint density at radius 2 is 0.776 bits per heavy atom. The molecule has 5 aromatic carbocycles. The van der Waals surface area contributed by atoms with E-state index in [0.717, 1.165) is 0 Å². The summed E-state index contributed by atoms with van der Waals surface area (Å²) in [7, 11) is 0. The van der Waals surface area contributed by atoms with Crippen LogP contribution in [0.3, 0.4) is 0 Å². The van der Waals surface area contributed by atoms with Gasteiger partial charge in [-0.3, -0.25) is 0 Å². The van der Waals surface area contributed by atoms with Gasteiger partial charge in [0.1, 0.15) is 18.8 Å². The van der Waals surface area contributed by atoms with Crippen LogP contribution in [0, 0.1) is 0 Å². The lowest BCUT2D eigenvalue weighted by atomic mass is 9.80. The molecule has 5 heterocycles. The molecule has 26 nitrogen and oxygen atoms in total. The summed E-state index contributed by atoms with van der Waals surface area (Å²) >= 11 is 0. The number of aromatic hydroxyl groups is 15. The number of fused-ring (bicyclic) bond motifs is 7. The molecule has 0 radical (unpaired) electrons. The lowest BCUT2D eigenvalue weighted by Gasteiger charge is -2.42. The van der Waals surface area contributed by atoms with Gasteiger partial charge in [0.2, 0.25) is 28.7 Å². The minimum absolute atomic E-state index is 0.337. The summed E-state index contributed by atoms with van der Waals surface area (Å²) in [6.45, 7) is -1.49. The number of phenols is 15. The van der Waals surface area contributed by atoms with E-state index in [4.69, 9.17) is 23.7 Å². The molecule has 5 aromatic rings. The lowest BCUT2D eigenvalue weighted by molar-refractivity contribution is -0.233. The molecular weight excluding hydrogens is 908 g/mol. The molecule has 0 aromatic heterocycles. The van der Waals surface area contributed by atoms with Crippen LogP contribution in [0.1, 0.15) is 65.0 Å². The number of benzene rings is 5. The van der Waals surface area contributed by atoms with Crippen LogP contribution < -0.4 is 0 Å². The molecule has 17 N–H and O–H groups in total. The first-order valence-corrected chi connectivity index (χ1v) is 18.8. The minimum Gasteiger partial charge on any atom is -0.504 e. The number of rotatable bonds is 0. The van der Waals surface area contributed by atoms with E-state index in [-0.39, 0.29) is 0 Å². The molecular formula is C41H28O26. The number of carbonyl (C=O) groups excluding carboxylic acids is 4. The van der Waals surface area contributed by atoms with Crippen molar-refractivity contribution in [2.45, 2.75) is 36.8 Å². The zero-order valence-electron chi connectivity index (χ0n) is 32.7. The molecule has 0 saturated carbocycles. The first-order valence-electron chi connectivity index (χ1n) is 18.8. The molecule has 5 aliphatic heterocycles. The minimum atomic E-state index is -2.73. The van der Waals surface area contributed by atoms with E-state index in [9.17, 15) is 101 Å². The van der Waals surface area contributed by atoms with E-state index in [1.165, 1.54) is 0 Å². The molecule has 6 unspecified atom stereocenters. The number of cyclic esters (lactones) is 1. The molecule has 0 saturated heterocycles. The van der Waals surface area contributed by atoms with Gasteiger partial charge in [0.15, 0.2) is 82.1 Å². The molecule has 26 heteroatoms. The third-order valence-electron chi connectivity index (χ3n) is 11.6. The summed E-state index contributed by atoms with van der Waals surface area (Å²) in [4.78, 5) is 58.2. The fourth-order valence-electron chi connectivity index (χ4n) is 8.52. The Morgan fingerprint density at radius 3 is 1.30 bits per heavy atom. The molecule has 10 rings (SSSR count). The summed E-state index contributed by atoms with van der Waals surface area (Å²) < 4.78 is 28.1. The van der Waals surface area contributed by atoms with Gasteiger partial charge in [-0.2, -0.15) is 0 Å². The Balaban J connectivity index is 1.43. The third-order valence-corrected chi connectivity index (χ3v) is 11.6. The Hall–Kier alpha value is -9.14. The van der Waals surface area contributed by atoms with Crippen molar-refractivity contribution in [1.29, 1.82) is 0 Å². The van der Waals surface area contributed by atoms with Crippen LogP contribution in [0.15, 0.2) is 18.2 Å². The fraction of sp³-hybridized carbons (Fsp3) is 0.171. The van der Waals surface area contributed by atoms with Gasteiger partial charge in [0.25, 0.3) is 0 Å². The zero-order valence-corrected chi connectivity index (χ0v) is 32.7. The van der Waals surface area contributed by atoms with Crippen molar-refractivity contribution in [2.24, 2.45) is 0 Å². The van der Waals surface area contributed by atoms with E-state index < -0.39 is 220 Å². The first-order chi connectivity index (χ1) is 31.5. The molecule has 5 aliphatic rings. The molecule has 6 bridgehead atoms. The molecule has 6 atom stereocenters. The molecule has 67 heavy (non-hydrogen) atoms. The van der Waals surface area contributed by atoms with Crippen molar-refractivity contribution >= 4 is 23.9 Å². The predicted molar refractivity (Wildman–Crippen MR) is 207 cm³/mol. The highest BCUT2D eigenvalue weighted by Crippen LogP contribution is 2.63. The van der Waals surface area contributed by atoms with Crippen LogP contribution in [0.4, 0.5) is 0 Å². The van der Waals surface area contributed by atoms with Gasteiger partial charge >= 0.3 is 23.9 Å². The summed E-state index contributed by atoms with van der Waals surface area (Å²) in [5.74, 6) is -29.9. The number of phenolic OH excluding ortho intramolecular Hbond substituents is 15. The van der Waals surface area contributed by atoms with Crippen molar-refractivity contribution in [3.63, 3.8) is 0 Å². The van der Waals surface area contributed by atoms with E-state index in [1.807, 2.05) is 0 Å². The molecule has 0 fully saturated rings. The van der Waals surface area contributed by atoms with Gasteiger partial charge in [-0.1, -0.05) is 0 Å². The molecule has 0 aliphatic carbocycles. The van der Waals surface area contributed by atoms with Gasteiger partial charge < -0.3 is 110 Å². The topological polar surface area (TPSA) is 458 Å². The van der Waals surface area contributed by atoms with Crippen LogP contribution in [-0.4, -0.2) is 142 Å². The summed E-state index contributed by atoms with van der Waals surface area (Å²) in [5, 5.41) is 189. The standard InChI is InChI=1S/C41H28O26/c42-8-1-5-12(24(48)21(8)45)13-6(2-9(43)22(46)25(13)49)39(60)65-34-11(4-63-37(5)58)64-38(59)7-3-10(44)23(47)26(50)14(7)15-18-16(28(52)32(56)27(15)51)17-19-20(30(54)33(57)29(17)53)31(55)35(66-41(19)62)36(34)67-40(18)61/h1-3,11,31,34-36,41-57,62H,4H2. The lowest BCUT2D eigenvalue weighted by Crippen LogP contribution is -2.55. The normalized spacial score (nSPS) is 21.8. The highest BCUT2D eigenvalue weighted by molar-refractivity contribution is 6.14. The highest BCUT2D eigenvalue weighted by Gasteiger charge is 2.55. The van der Waals surface area contributed by atoms with Gasteiger partial charge in [0, 0.05) is 44.5 Å². The summed E-state index contributed by atoms with van der Waals surface area (Å²) in [5.41, 5.74) is -14.3. The van der Waals surface area contributed by atoms with Crippen LogP contribution in [-0.2, 0) is 23.7 Å². The quantitative estimate of drug-likeness (QED) is 0.0588. The van der Waals surface area contributed by atoms with E-state index in [0.29, 0.717) is 18.2 Å². The highest BCUT2D eigenvalue weighted by atomic mass is 16.7. The van der Waals surface area contributed by atoms with Gasteiger partial charge in [-0.05, 0) is 18.2 Å². The Kier molecular flexibility index (Phi) is 9.29. The summed E-state index contributed by atoms with van der Waals surface area (Å²) in [6, 6.07) is 1.11. The van der Waals surface area contributed by atoms with Crippen LogP contribution in [0.5, 0.6) is 86.2 Å². The zero-order chi connectivity index (χ0) is 48.7. The third kappa shape index (κ3) is 5.79. The Labute approximate surface area is 367 Å². The Bertz CT molecular complexity index is 3140. The van der Waals surface area contributed by atoms with Gasteiger partial charge in [0.05, 0.1) is 22.3 Å². The number of aliphatic hydroxyl groups is 2. The van der Waals surface area contributed by atoms with Crippen LogP contribution >= 0.6 is 0 Å². The average molecular weight is 937 g/mol.